The zero-order valence-corrected chi connectivity index (χ0v) is 15.2. The maximum absolute atomic E-state index is 11.0. The van der Waals surface area contributed by atoms with E-state index in [1.165, 1.54) is 3.57 Å². The molecular formula is C16H16IN3O2S. The molecule has 0 atom stereocenters. The lowest BCUT2D eigenvalue weighted by Gasteiger charge is -2.11. The Morgan fingerprint density at radius 3 is 2.39 bits per heavy atom. The number of anilines is 1. The Morgan fingerprint density at radius 2 is 1.78 bits per heavy atom. The van der Waals surface area contributed by atoms with Crippen molar-refractivity contribution < 1.29 is 9.53 Å². The average Bonchev–Trinajstić information content (AvgIpc) is 2.54. The number of ether oxygens (including phenoxy) is 1. The van der Waals surface area contributed by atoms with Gasteiger partial charge in [-0.2, -0.15) is 0 Å². The molecule has 5 nitrogen and oxygen atoms in total. The number of hydrogen-bond donors (Lipinski definition) is 3. The summed E-state index contributed by atoms with van der Waals surface area (Å²) in [6, 6.07) is 14.6. The second kappa shape index (κ2) is 8.68. The van der Waals surface area contributed by atoms with Crippen LogP contribution in [0.25, 0.3) is 0 Å². The summed E-state index contributed by atoms with van der Waals surface area (Å²) in [5.41, 5.74) is 6.43. The van der Waals surface area contributed by atoms with E-state index in [4.69, 9.17) is 22.7 Å². The van der Waals surface area contributed by atoms with Crippen LogP contribution >= 0.6 is 34.8 Å². The standard InChI is InChI=1S/C16H16IN3O2S/c17-12-3-7-14(8-4-12)22-10-9-19-16(23)20-13-5-1-11(2-6-13)15(18)21/h1-8H,9-10H2,(H2,18,21)(H2,19,20,23). The van der Waals surface area contributed by atoms with Gasteiger partial charge in [-0.3, -0.25) is 4.79 Å². The molecule has 2 aromatic carbocycles. The lowest BCUT2D eigenvalue weighted by atomic mass is 10.2. The Morgan fingerprint density at radius 1 is 1.13 bits per heavy atom. The van der Waals surface area contributed by atoms with Crippen LogP contribution in [0.4, 0.5) is 5.69 Å². The first-order valence-corrected chi connectivity index (χ1v) is 8.36. The van der Waals surface area contributed by atoms with Crippen LogP contribution < -0.4 is 21.1 Å². The second-order valence-electron chi connectivity index (χ2n) is 4.62. The van der Waals surface area contributed by atoms with E-state index in [0.29, 0.717) is 23.8 Å². The van der Waals surface area contributed by atoms with Crippen LogP contribution in [0.5, 0.6) is 5.75 Å². The molecule has 0 aromatic heterocycles. The van der Waals surface area contributed by atoms with E-state index >= 15 is 0 Å². The van der Waals surface area contributed by atoms with E-state index in [0.717, 1.165) is 11.4 Å². The molecule has 0 saturated heterocycles. The third-order valence-electron chi connectivity index (χ3n) is 2.90. The predicted octanol–water partition coefficient (Wildman–Crippen LogP) is 2.76. The number of halogens is 1. The van der Waals surface area contributed by atoms with Gasteiger partial charge in [0.2, 0.25) is 5.91 Å². The zero-order valence-electron chi connectivity index (χ0n) is 12.2. The van der Waals surface area contributed by atoms with Gasteiger partial charge in [0.05, 0.1) is 6.54 Å². The van der Waals surface area contributed by atoms with E-state index in [9.17, 15) is 4.79 Å². The Kier molecular flexibility index (Phi) is 6.60. The number of nitrogens with two attached hydrogens (primary N) is 1. The molecule has 0 unspecified atom stereocenters. The first-order chi connectivity index (χ1) is 11.0. The van der Waals surface area contributed by atoms with Gasteiger partial charge in [0.1, 0.15) is 12.4 Å². The van der Waals surface area contributed by atoms with Gasteiger partial charge in [-0.1, -0.05) is 0 Å². The molecule has 0 bridgehead atoms. The highest BCUT2D eigenvalue weighted by atomic mass is 127. The first kappa shape index (κ1) is 17.5. The number of thiocarbonyl (C=S) groups is 1. The summed E-state index contributed by atoms with van der Waals surface area (Å²) in [7, 11) is 0. The summed E-state index contributed by atoms with van der Waals surface area (Å²) in [5.74, 6) is 0.373. The van der Waals surface area contributed by atoms with Crippen molar-refractivity contribution in [3.05, 3.63) is 57.7 Å². The van der Waals surface area contributed by atoms with E-state index in [2.05, 4.69) is 33.2 Å². The molecule has 0 spiro atoms. The molecule has 1 amide bonds. The SMILES string of the molecule is NC(=O)c1ccc(NC(=S)NCCOc2ccc(I)cc2)cc1. The fourth-order valence-electron chi connectivity index (χ4n) is 1.76. The van der Waals surface area contributed by atoms with Crippen molar-refractivity contribution in [2.24, 2.45) is 5.73 Å². The van der Waals surface area contributed by atoms with Crippen LogP contribution in [0, 0.1) is 3.57 Å². The van der Waals surface area contributed by atoms with Crippen molar-refractivity contribution in [3.8, 4) is 5.75 Å². The lowest BCUT2D eigenvalue weighted by molar-refractivity contribution is 0.100. The number of carbonyl (C=O) groups is 1. The monoisotopic (exact) mass is 441 g/mol. The largest absolute Gasteiger partial charge is 0.492 e. The Bertz CT molecular complexity index is 675. The number of rotatable bonds is 6. The quantitative estimate of drug-likeness (QED) is 0.365. The number of carbonyl (C=O) groups excluding carboxylic acids is 1. The number of benzene rings is 2. The number of primary amides is 1. The molecule has 0 aliphatic rings. The van der Waals surface area contributed by atoms with E-state index < -0.39 is 5.91 Å². The minimum Gasteiger partial charge on any atom is -0.492 e. The molecule has 23 heavy (non-hydrogen) atoms. The number of hydrogen-bond acceptors (Lipinski definition) is 3. The summed E-state index contributed by atoms with van der Waals surface area (Å²) >= 11 is 7.44. The predicted molar refractivity (Wildman–Crippen MR) is 104 cm³/mol. The Balaban J connectivity index is 1.70. The smallest absolute Gasteiger partial charge is 0.248 e. The molecule has 7 heteroatoms. The van der Waals surface area contributed by atoms with E-state index in [-0.39, 0.29) is 0 Å². The first-order valence-electron chi connectivity index (χ1n) is 6.87. The summed E-state index contributed by atoms with van der Waals surface area (Å²) in [4.78, 5) is 11.0. The van der Waals surface area contributed by atoms with Gasteiger partial charge >= 0.3 is 0 Å². The van der Waals surface area contributed by atoms with Crippen LogP contribution in [0.3, 0.4) is 0 Å². The van der Waals surface area contributed by atoms with Gasteiger partial charge in [0.15, 0.2) is 5.11 Å². The molecule has 0 heterocycles. The normalized spacial score (nSPS) is 9.96. The number of nitrogens with one attached hydrogen (secondary N) is 2. The number of amides is 1. The van der Waals surface area contributed by atoms with Gasteiger partial charge in [0, 0.05) is 14.8 Å². The minimum atomic E-state index is -0.454. The van der Waals surface area contributed by atoms with Gasteiger partial charge in [-0.05, 0) is 83.3 Å². The highest BCUT2D eigenvalue weighted by Crippen LogP contribution is 2.13. The minimum absolute atomic E-state index is 0.454. The maximum atomic E-state index is 11.0. The molecular weight excluding hydrogens is 425 g/mol. The fraction of sp³-hybridized carbons (Fsp3) is 0.125. The maximum Gasteiger partial charge on any atom is 0.248 e. The van der Waals surface area contributed by atoms with Crippen molar-refractivity contribution in [1.82, 2.24) is 5.32 Å². The molecule has 0 saturated carbocycles. The third-order valence-corrected chi connectivity index (χ3v) is 3.86. The molecule has 0 fully saturated rings. The summed E-state index contributed by atoms with van der Waals surface area (Å²) in [6.07, 6.45) is 0. The van der Waals surface area contributed by atoms with Crippen LogP contribution in [0.15, 0.2) is 48.5 Å². The van der Waals surface area contributed by atoms with Crippen molar-refractivity contribution in [3.63, 3.8) is 0 Å². The molecule has 0 aliphatic heterocycles. The Labute approximate surface area is 153 Å². The molecule has 2 aromatic rings. The average molecular weight is 441 g/mol. The fourth-order valence-corrected chi connectivity index (χ4v) is 2.34. The highest BCUT2D eigenvalue weighted by Gasteiger charge is 2.01. The van der Waals surface area contributed by atoms with Crippen LogP contribution in [-0.2, 0) is 0 Å². The second-order valence-corrected chi connectivity index (χ2v) is 6.28. The molecule has 0 radical (unpaired) electrons. The van der Waals surface area contributed by atoms with Gasteiger partial charge in [-0.25, -0.2) is 0 Å². The summed E-state index contributed by atoms with van der Waals surface area (Å²) in [6.45, 7) is 1.08. The topological polar surface area (TPSA) is 76.4 Å². The Hall–Kier alpha value is -1.87. The van der Waals surface area contributed by atoms with Gasteiger partial charge in [0.25, 0.3) is 0 Å². The molecule has 0 aliphatic carbocycles. The molecule has 4 N–H and O–H groups in total. The van der Waals surface area contributed by atoms with E-state index in [1.54, 1.807) is 24.3 Å². The van der Waals surface area contributed by atoms with Crippen molar-refractivity contribution in [1.29, 1.82) is 0 Å². The lowest BCUT2D eigenvalue weighted by Crippen LogP contribution is -2.31. The molecule has 120 valence electrons. The van der Waals surface area contributed by atoms with Crippen LogP contribution in [0.2, 0.25) is 0 Å². The van der Waals surface area contributed by atoms with Crippen molar-refractivity contribution in [2.45, 2.75) is 0 Å². The third kappa shape index (κ3) is 6.03. The summed E-state index contributed by atoms with van der Waals surface area (Å²) in [5, 5.41) is 6.57. The highest BCUT2D eigenvalue weighted by molar-refractivity contribution is 14.1. The molecule has 2 rings (SSSR count). The zero-order chi connectivity index (χ0) is 16.7. The van der Waals surface area contributed by atoms with Gasteiger partial charge in [-0.15, -0.1) is 0 Å². The van der Waals surface area contributed by atoms with Crippen LogP contribution in [0.1, 0.15) is 10.4 Å². The van der Waals surface area contributed by atoms with E-state index in [1.807, 2.05) is 24.3 Å². The van der Waals surface area contributed by atoms with Crippen molar-refractivity contribution >= 4 is 51.5 Å². The van der Waals surface area contributed by atoms with Crippen LogP contribution in [-0.4, -0.2) is 24.2 Å². The van der Waals surface area contributed by atoms with Gasteiger partial charge < -0.3 is 21.1 Å². The summed E-state index contributed by atoms with van der Waals surface area (Å²) < 4.78 is 6.77. The van der Waals surface area contributed by atoms with Crippen molar-refractivity contribution in [2.75, 3.05) is 18.5 Å².